The van der Waals surface area contributed by atoms with Crippen molar-refractivity contribution in [1.82, 2.24) is 0 Å². The van der Waals surface area contributed by atoms with Crippen LogP contribution < -0.4 is 10.2 Å². The molecule has 1 aromatic carbocycles. The monoisotopic (exact) mass is 267 g/mol. The second kappa shape index (κ2) is 5.22. The van der Waals surface area contributed by atoms with Crippen LogP contribution in [0.5, 0.6) is 0 Å². The van der Waals surface area contributed by atoms with Crippen molar-refractivity contribution in [3.05, 3.63) is 39.4 Å². The number of rotatable bonds is 3. The molecule has 7 nitrogen and oxygen atoms in total. The van der Waals surface area contributed by atoms with Crippen LogP contribution >= 0.6 is 0 Å². The van der Waals surface area contributed by atoms with E-state index < -0.39 is 33.7 Å². The largest absolute Gasteiger partial charge is 2.00 e. The number of nitro groups is 1. The zero-order valence-electron chi connectivity index (χ0n) is 7.44. The minimum absolute atomic E-state index is 0. The molecule has 0 atom stereocenters. The molecule has 0 fully saturated rings. The summed E-state index contributed by atoms with van der Waals surface area (Å²) < 4.78 is 0. The second-order valence-corrected chi connectivity index (χ2v) is 2.53. The molecule has 0 aliphatic rings. The molecule has 0 aliphatic carbocycles. The third-order valence-corrected chi connectivity index (χ3v) is 1.66. The summed E-state index contributed by atoms with van der Waals surface area (Å²) >= 11 is 0. The van der Waals surface area contributed by atoms with Crippen molar-refractivity contribution in [3.8, 4) is 0 Å². The summed E-state index contributed by atoms with van der Waals surface area (Å²) in [6.45, 7) is 0. The molecule has 0 heterocycles. The molecule has 1 aromatic rings. The minimum Gasteiger partial charge on any atom is -0.545 e. The molecule has 0 unspecified atom stereocenters. The van der Waals surface area contributed by atoms with E-state index >= 15 is 0 Å². The molecule has 0 radical (unpaired) electrons. The van der Waals surface area contributed by atoms with E-state index in [1.807, 2.05) is 0 Å². The van der Waals surface area contributed by atoms with Crippen LogP contribution in [0, 0.1) is 10.1 Å². The maximum atomic E-state index is 10.5. The van der Waals surface area contributed by atoms with Crippen LogP contribution in [0.2, 0.25) is 0 Å². The van der Waals surface area contributed by atoms with E-state index in [-0.39, 0.29) is 16.5 Å². The van der Waals surface area contributed by atoms with Crippen molar-refractivity contribution >= 4 is 17.6 Å². The second-order valence-electron chi connectivity index (χ2n) is 2.53. The summed E-state index contributed by atoms with van der Waals surface area (Å²) in [6, 6.07) is 2.82. The van der Waals surface area contributed by atoms with E-state index in [1.54, 1.807) is 0 Å². The number of nitrogens with zero attached hydrogens (tertiary/aromatic N) is 1. The van der Waals surface area contributed by atoms with Crippen LogP contribution in [0.15, 0.2) is 18.2 Å². The number of hydrogen-bond acceptors (Lipinski definition) is 6. The van der Waals surface area contributed by atoms with Crippen molar-refractivity contribution in [3.63, 3.8) is 0 Å². The first-order valence-corrected chi connectivity index (χ1v) is 3.65. The molecule has 16 heavy (non-hydrogen) atoms. The Morgan fingerprint density at radius 2 is 1.69 bits per heavy atom. The zero-order valence-corrected chi connectivity index (χ0v) is 8.43. The Labute approximate surface area is 98.8 Å². The van der Waals surface area contributed by atoms with Gasteiger partial charge in [0.1, 0.15) is 0 Å². The van der Waals surface area contributed by atoms with Crippen LogP contribution in [0.25, 0.3) is 0 Å². The van der Waals surface area contributed by atoms with Crippen molar-refractivity contribution in [1.29, 1.82) is 0 Å². The molecular formula is C8H3NNiO6. The minimum atomic E-state index is -1.93. The number of aromatic carboxylic acids is 2. The van der Waals surface area contributed by atoms with Gasteiger partial charge in [0.05, 0.1) is 22.4 Å². The van der Waals surface area contributed by atoms with Gasteiger partial charge in [0, 0.05) is 11.6 Å². The van der Waals surface area contributed by atoms with Crippen LogP contribution in [0.3, 0.4) is 0 Å². The van der Waals surface area contributed by atoms with Gasteiger partial charge in [-0.25, -0.2) is 0 Å². The molecule has 0 N–H and O–H groups in total. The fourth-order valence-electron chi connectivity index (χ4n) is 1.08. The summed E-state index contributed by atoms with van der Waals surface area (Å²) in [6.07, 6.45) is 0. The van der Waals surface area contributed by atoms with Gasteiger partial charge < -0.3 is 19.8 Å². The van der Waals surface area contributed by atoms with Gasteiger partial charge in [-0.3, -0.25) is 10.1 Å². The number of carboxylic acid groups (broad SMARTS) is 2. The predicted octanol–water partition coefficient (Wildman–Crippen LogP) is -1.68. The van der Waals surface area contributed by atoms with Gasteiger partial charge in [0.25, 0.3) is 5.69 Å². The number of benzene rings is 1. The molecule has 0 aliphatic heterocycles. The van der Waals surface area contributed by atoms with Crippen LogP contribution in [0.1, 0.15) is 20.7 Å². The number of carbonyl (C=O) groups is 2. The van der Waals surface area contributed by atoms with Crippen molar-refractivity contribution in [2.45, 2.75) is 0 Å². The normalized spacial score (nSPS) is 9.00. The van der Waals surface area contributed by atoms with Gasteiger partial charge in [-0.05, 0) is 0 Å². The molecule has 0 bridgehead atoms. The summed E-state index contributed by atoms with van der Waals surface area (Å²) in [5.74, 6) is -3.74. The van der Waals surface area contributed by atoms with Gasteiger partial charge >= 0.3 is 16.5 Å². The molecule has 86 valence electrons. The summed E-state index contributed by atoms with van der Waals surface area (Å²) in [5.41, 5.74) is -2.59. The van der Waals surface area contributed by atoms with Crippen molar-refractivity contribution in [2.75, 3.05) is 0 Å². The van der Waals surface area contributed by atoms with Crippen molar-refractivity contribution in [2.24, 2.45) is 0 Å². The van der Waals surface area contributed by atoms with Gasteiger partial charge in [-0.1, -0.05) is 12.1 Å². The van der Waals surface area contributed by atoms with Crippen molar-refractivity contribution < 1.29 is 41.2 Å². The number of nitro benzene ring substituents is 1. The Hall–Kier alpha value is -1.95. The summed E-state index contributed by atoms with van der Waals surface area (Å²) in [7, 11) is 0. The number of carbonyl (C=O) groups excluding carboxylic acids is 2. The number of hydrogen-bond donors (Lipinski definition) is 0. The molecule has 0 saturated carbocycles. The van der Waals surface area contributed by atoms with E-state index in [0.717, 1.165) is 18.2 Å². The van der Waals surface area contributed by atoms with E-state index in [9.17, 15) is 29.9 Å². The summed E-state index contributed by atoms with van der Waals surface area (Å²) in [5, 5.41) is 31.4. The molecule has 0 amide bonds. The first kappa shape index (κ1) is 14.1. The quantitative estimate of drug-likeness (QED) is 0.366. The standard InChI is InChI=1S/C8H5NO6.Ni/c10-7(11)4-2-1-3-5(9(14)15)6(4)8(12)13;/h1-3H,(H,10,11)(H,12,13);/q;+2/p-2. The fourth-order valence-corrected chi connectivity index (χ4v) is 1.08. The third-order valence-electron chi connectivity index (χ3n) is 1.66. The van der Waals surface area contributed by atoms with Crippen LogP contribution in [0.4, 0.5) is 5.69 Å². The fraction of sp³-hybridized carbons (Fsp3) is 0. The van der Waals surface area contributed by atoms with Gasteiger partial charge in [-0.2, -0.15) is 0 Å². The smallest absolute Gasteiger partial charge is 0.545 e. The van der Waals surface area contributed by atoms with Gasteiger partial charge in [0.2, 0.25) is 0 Å². The molecular weight excluding hydrogens is 265 g/mol. The zero-order chi connectivity index (χ0) is 11.6. The SMILES string of the molecule is O=C([O-])c1cccc([N+](=O)[O-])c1C(=O)[O-].[Ni+2]. The first-order chi connectivity index (χ1) is 6.95. The van der Waals surface area contributed by atoms with E-state index in [1.165, 1.54) is 0 Å². The Morgan fingerprint density at radius 1 is 1.12 bits per heavy atom. The molecule has 0 spiro atoms. The molecule has 0 saturated heterocycles. The van der Waals surface area contributed by atoms with E-state index in [2.05, 4.69) is 0 Å². The Kier molecular flexibility index (Phi) is 4.59. The average molecular weight is 268 g/mol. The summed E-state index contributed by atoms with van der Waals surface area (Å²) in [4.78, 5) is 30.4. The molecule has 1 rings (SSSR count). The number of carboxylic acids is 2. The average Bonchev–Trinajstić information content (AvgIpc) is 2.16. The first-order valence-electron chi connectivity index (χ1n) is 3.65. The Morgan fingerprint density at radius 3 is 2.06 bits per heavy atom. The Balaban J connectivity index is 0.00000225. The third kappa shape index (κ3) is 2.55. The Bertz CT molecular complexity index is 426. The van der Waals surface area contributed by atoms with Crippen LogP contribution in [-0.2, 0) is 16.5 Å². The van der Waals surface area contributed by atoms with E-state index in [4.69, 9.17) is 0 Å². The van der Waals surface area contributed by atoms with E-state index in [0.29, 0.717) is 0 Å². The van der Waals surface area contributed by atoms with Gasteiger partial charge in [0.15, 0.2) is 0 Å². The van der Waals surface area contributed by atoms with Crippen LogP contribution in [-0.4, -0.2) is 16.9 Å². The van der Waals surface area contributed by atoms with Gasteiger partial charge in [-0.15, -0.1) is 0 Å². The maximum Gasteiger partial charge on any atom is 2.00 e. The molecule has 8 heteroatoms. The maximum absolute atomic E-state index is 10.5. The topological polar surface area (TPSA) is 123 Å². The predicted molar refractivity (Wildman–Crippen MR) is 41.8 cm³/mol. The molecule has 0 aromatic heterocycles.